The van der Waals surface area contributed by atoms with Crippen molar-refractivity contribution < 1.29 is 9.84 Å². The summed E-state index contributed by atoms with van der Waals surface area (Å²) in [6.07, 6.45) is 0. The molecule has 5 N–H and O–H groups in total. The fourth-order valence-electron chi connectivity index (χ4n) is 1.40. The van der Waals surface area contributed by atoms with Crippen molar-refractivity contribution in [1.82, 2.24) is 19.5 Å². The van der Waals surface area contributed by atoms with Gasteiger partial charge in [-0.1, -0.05) is 0 Å². The van der Waals surface area contributed by atoms with Crippen molar-refractivity contribution in [2.24, 2.45) is 0 Å². The molecule has 9 heteroatoms. The molecule has 0 radical (unpaired) electrons. The molecule has 2 rings (SSSR count). The molecule has 0 atom stereocenters. The van der Waals surface area contributed by atoms with E-state index in [9.17, 15) is 4.79 Å². The molecule has 0 bridgehead atoms. The molecule has 0 aliphatic carbocycles. The molecule has 0 saturated heterocycles. The summed E-state index contributed by atoms with van der Waals surface area (Å²) in [4.78, 5) is 20.6. The maximum absolute atomic E-state index is 11.5. The number of nitrogens with one attached hydrogen (secondary N) is 2. The molecule has 0 fully saturated rings. The summed E-state index contributed by atoms with van der Waals surface area (Å²) in [5.41, 5.74) is 5.63. The van der Waals surface area contributed by atoms with Crippen LogP contribution < -0.4 is 11.3 Å². The van der Waals surface area contributed by atoms with E-state index in [-0.39, 0.29) is 37.0 Å². The van der Waals surface area contributed by atoms with Crippen molar-refractivity contribution in [3.8, 4) is 0 Å². The average Bonchev–Trinajstić information content (AvgIpc) is 2.57. The van der Waals surface area contributed by atoms with E-state index in [4.69, 9.17) is 27.8 Å². The van der Waals surface area contributed by atoms with Crippen LogP contribution in [0, 0.1) is 4.77 Å². The molecule has 2 heterocycles. The van der Waals surface area contributed by atoms with Crippen LogP contribution in [0.15, 0.2) is 4.79 Å². The summed E-state index contributed by atoms with van der Waals surface area (Å²) in [5, 5.41) is 8.61. The molecule has 0 aliphatic heterocycles. The normalized spacial score (nSPS) is 11.1. The molecule has 0 spiro atoms. The monoisotopic (exact) mass is 257 g/mol. The molecule has 0 amide bonds. The van der Waals surface area contributed by atoms with Crippen LogP contribution >= 0.6 is 12.2 Å². The van der Waals surface area contributed by atoms with Crippen molar-refractivity contribution in [3.63, 3.8) is 0 Å². The standard InChI is InChI=1S/C8H11N5O3S/c9-7-11-5-4(6(15)12-7)10-8(17)13(5)3-16-2-1-14/h14H,1-3H2,(H,10,17)(H3,9,11,12,15). The fourth-order valence-corrected chi connectivity index (χ4v) is 1.64. The third-order valence-electron chi connectivity index (χ3n) is 2.11. The van der Waals surface area contributed by atoms with Gasteiger partial charge >= 0.3 is 0 Å². The van der Waals surface area contributed by atoms with Gasteiger partial charge in [0.1, 0.15) is 6.73 Å². The zero-order valence-electron chi connectivity index (χ0n) is 8.77. The number of nitrogens with zero attached hydrogens (tertiary/aromatic N) is 2. The lowest BCUT2D eigenvalue weighted by molar-refractivity contribution is 0.0493. The summed E-state index contributed by atoms with van der Waals surface area (Å²) < 4.78 is 6.93. The average molecular weight is 257 g/mol. The number of anilines is 1. The molecule has 0 aliphatic rings. The number of hydrogen-bond acceptors (Lipinski definition) is 6. The van der Waals surface area contributed by atoms with Crippen LogP contribution in [-0.4, -0.2) is 37.8 Å². The number of aromatic nitrogens is 4. The first-order chi connectivity index (χ1) is 8.13. The smallest absolute Gasteiger partial charge is 0.278 e. The maximum Gasteiger partial charge on any atom is 0.278 e. The second kappa shape index (κ2) is 4.65. The lowest BCUT2D eigenvalue weighted by Crippen LogP contribution is -2.13. The van der Waals surface area contributed by atoms with Gasteiger partial charge in [-0.3, -0.25) is 14.3 Å². The number of aliphatic hydroxyl groups is 1. The highest BCUT2D eigenvalue weighted by molar-refractivity contribution is 7.71. The number of nitrogen functional groups attached to an aromatic ring is 1. The van der Waals surface area contributed by atoms with E-state index in [0.717, 1.165) is 0 Å². The number of hydrogen-bond donors (Lipinski definition) is 4. The van der Waals surface area contributed by atoms with E-state index in [0.29, 0.717) is 10.4 Å². The molecule has 2 aromatic heterocycles. The number of nitrogens with two attached hydrogens (primary N) is 1. The Hall–Kier alpha value is -1.71. The lowest BCUT2D eigenvalue weighted by atomic mass is 10.5. The summed E-state index contributed by atoms with van der Waals surface area (Å²) in [6.45, 7) is 0.175. The Morgan fingerprint density at radius 2 is 2.29 bits per heavy atom. The Labute approximate surface area is 100 Å². The van der Waals surface area contributed by atoms with E-state index in [2.05, 4.69) is 15.0 Å². The number of ether oxygens (including phenoxy) is 1. The summed E-state index contributed by atoms with van der Waals surface area (Å²) in [6, 6.07) is 0. The largest absolute Gasteiger partial charge is 0.394 e. The first kappa shape index (κ1) is 11.8. The first-order valence-electron chi connectivity index (χ1n) is 4.80. The van der Waals surface area contributed by atoms with Gasteiger partial charge in [0.2, 0.25) is 5.95 Å². The Bertz CT molecular complexity index is 643. The lowest BCUT2D eigenvalue weighted by Gasteiger charge is -2.04. The van der Waals surface area contributed by atoms with Gasteiger partial charge in [-0.2, -0.15) is 4.98 Å². The minimum absolute atomic E-state index is 0.00686. The Kier molecular flexibility index (Phi) is 3.22. The van der Waals surface area contributed by atoms with E-state index in [1.807, 2.05) is 0 Å². The molecular weight excluding hydrogens is 246 g/mol. The van der Waals surface area contributed by atoms with Gasteiger partial charge in [0.05, 0.1) is 13.2 Å². The van der Waals surface area contributed by atoms with Gasteiger partial charge < -0.3 is 20.6 Å². The van der Waals surface area contributed by atoms with Crippen molar-refractivity contribution in [2.45, 2.75) is 6.73 Å². The topological polar surface area (TPSA) is 122 Å². The van der Waals surface area contributed by atoms with Gasteiger partial charge in [0.15, 0.2) is 15.9 Å². The highest BCUT2D eigenvalue weighted by Crippen LogP contribution is 2.08. The van der Waals surface area contributed by atoms with Crippen LogP contribution in [0.4, 0.5) is 5.95 Å². The Morgan fingerprint density at radius 3 is 3.00 bits per heavy atom. The van der Waals surface area contributed by atoms with Crippen LogP contribution in [0.3, 0.4) is 0 Å². The number of aliphatic hydroxyl groups excluding tert-OH is 1. The van der Waals surface area contributed by atoms with Crippen LogP contribution in [0.5, 0.6) is 0 Å². The molecule has 17 heavy (non-hydrogen) atoms. The van der Waals surface area contributed by atoms with Crippen LogP contribution in [0.25, 0.3) is 11.2 Å². The quantitative estimate of drug-likeness (QED) is 0.425. The van der Waals surface area contributed by atoms with Gasteiger partial charge in [-0.15, -0.1) is 0 Å². The minimum Gasteiger partial charge on any atom is -0.394 e. The predicted octanol–water partition coefficient (Wildman–Crippen LogP) is -0.669. The Morgan fingerprint density at radius 1 is 1.53 bits per heavy atom. The second-order valence-corrected chi connectivity index (χ2v) is 3.66. The van der Waals surface area contributed by atoms with Gasteiger partial charge in [0.25, 0.3) is 5.56 Å². The molecule has 0 saturated carbocycles. The number of rotatable bonds is 4. The summed E-state index contributed by atoms with van der Waals surface area (Å²) in [7, 11) is 0. The molecule has 2 aromatic rings. The SMILES string of the molecule is Nc1nc2c([nH]c(=S)n2COCCO)c(=O)[nH]1. The molecular formula is C8H11N5O3S. The summed E-state index contributed by atoms with van der Waals surface area (Å²) >= 11 is 5.04. The molecule has 92 valence electrons. The van der Waals surface area contributed by atoms with Gasteiger partial charge in [-0.05, 0) is 12.2 Å². The van der Waals surface area contributed by atoms with Crippen LogP contribution in [0.2, 0.25) is 0 Å². The van der Waals surface area contributed by atoms with Crippen molar-refractivity contribution in [1.29, 1.82) is 0 Å². The van der Waals surface area contributed by atoms with E-state index >= 15 is 0 Å². The zero-order chi connectivity index (χ0) is 12.4. The van der Waals surface area contributed by atoms with E-state index < -0.39 is 0 Å². The first-order valence-corrected chi connectivity index (χ1v) is 5.21. The van der Waals surface area contributed by atoms with Gasteiger partial charge in [0, 0.05) is 0 Å². The van der Waals surface area contributed by atoms with E-state index in [1.54, 1.807) is 0 Å². The Balaban J connectivity index is 2.51. The third kappa shape index (κ3) is 2.20. The molecule has 8 nitrogen and oxygen atoms in total. The van der Waals surface area contributed by atoms with Crippen molar-refractivity contribution in [2.75, 3.05) is 18.9 Å². The molecule has 0 unspecified atom stereocenters. The second-order valence-electron chi connectivity index (χ2n) is 3.27. The van der Waals surface area contributed by atoms with Crippen molar-refractivity contribution >= 4 is 29.3 Å². The van der Waals surface area contributed by atoms with Crippen molar-refractivity contribution in [3.05, 3.63) is 15.1 Å². The fraction of sp³-hybridized carbons (Fsp3) is 0.375. The number of aromatic amines is 2. The maximum atomic E-state index is 11.5. The minimum atomic E-state index is -0.389. The van der Waals surface area contributed by atoms with Gasteiger partial charge in [-0.25, -0.2) is 0 Å². The van der Waals surface area contributed by atoms with E-state index in [1.165, 1.54) is 4.57 Å². The summed E-state index contributed by atoms with van der Waals surface area (Å²) in [5.74, 6) is 0.00686. The highest BCUT2D eigenvalue weighted by atomic mass is 32.1. The number of fused-ring (bicyclic) bond motifs is 1. The predicted molar refractivity (Wildman–Crippen MR) is 63.0 cm³/mol. The number of H-pyrrole nitrogens is 2. The van der Waals surface area contributed by atoms with Crippen LogP contribution in [-0.2, 0) is 11.5 Å². The third-order valence-corrected chi connectivity index (χ3v) is 2.43. The molecule has 0 aromatic carbocycles. The van der Waals surface area contributed by atoms with Crippen LogP contribution in [0.1, 0.15) is 0 Å². The highest BCUT2D eigenvalue weighted by Gasteiger charge is 2.10. The number of imidazole rings is 1. The zero-order valence-corrected chi connectivity index (χ0v) is 9.58.